The van der Waals surface area contributed by atoms with E-state index in [1.807, 2.05) is 0 Å². The van der Waals surface area contributed by atoms with Gasteiger partial charge in [0, 0.05) is 22.4 Å². The molecule has 1 spiro atoms. The molecule has 0 heterocycles. The third-order valence-corrected chi connectivity index (χ3v) is 11.4. The Kier molecular flexibility index (Phi) is 3.36. The second-order valence-electron chi connectivity index (χ2n) is 14.5. The zero-order valence-electron chi connectivity index (χ0n) is 55.1. The standard InChI is InChI=1S/C56H39N/c1-55(2)51-33-38-19-7-6-18-37(38)32-47(51)46-31-29-39(34-52(46)55)57(54-27-15-11-20-41(54)36-16-4-3-5-17-36)40-28-30-45-44-23-10-14-26-50(44)56(53(45)35-40)48-24-12-8-21-42(48)43-22-9-13-25-49(43)56/h3-35H,1-2H3/i3D,4D,6D,7D,8D,9D,10D,11D,12D,13D,14D,15D,16D,19D,20D,21D,22D,23D,24D,25D,26D,28D,30D,32D,33D. The normalized spacial score (nSPS) is 20.6. The van der Waals surface area contributed by atoms with Crippen LogP contribution in [-0.2, 0) is 10.8 Å². The predicted octanol–water partition coefficient (Wildman–Crippen LogP) is 14.6. The van der Waals surface area contributed by atoms with Gasteiger partial charge in [0.2, 0.25) is 0 Å². The number of benzene rings is 9. The number of para-hydroxylation sites is 1. The number of hydrogen-bond donors (Lipinski definition) is 0. The Morgan fingerprint density at radius 1 is 0.404 bits per heavy atom. The van der Waals surface area contributed by atoms with Crippen LogP contribution in [0.2, 0.25) is 0 Å². The van der Waals surface area contributed by atoms with E-state index in [2.05, 4.69) is 0 Å². The molecule has 57 heavy (non-hydrogen) atoms. The average Bonchev–Trinajstić information content (AvgIpc) is 1.53. The molecule has 0 radical (unpaired) electrons. The smallest absolute Gasteiger partial charge is 0.0726 e. The first-order valence-corrected chi connectivity index (χ1v) is 18.1. The number of anilines is 3. The fourth-order valence-electron chi connectivity index (χ4n) is 8.90. The van der Waals surface area contributed by atoms with Crippen molar-refractivity contribution in [3.05, 3.63) is 233 Å². The van der Waals surface area contributed by atoms with E-state index < -0.39 is 171 Å². The van der Waals surface area contributed by atoms with Crippen molar-refractivity contribution in [3.63, 3.8) is 0 Å². The summed E-state index contributed by atoms with van der Waals surface area (Å²) in [6.45, 7) is 3.50. The van der Waals surface area contributed by atoms with Gasteiger partial charge in [-0.15, -0.1) is 0 Å². The third-order valence-electron chi connectivity index (χ3n) is 11.4. The van der Waals surface area contributed by atoms with Gasteiger partial charge in [-0.3, -0.25) is 0 Å². The Morgan fingerprint density at radius 2 is 1.02 bits per heavy atom. The van der Waals surface area contributed by atoms with Crippen LogP contribution in [0.25, 0.3) is 55.3 Å². The van der Waals surface area contributed by atoms with Crippen LogP contribution in [0, 0.1) is 0 Å². The van der Waals surface area contributed by atoms with Gasteiger partial charge in [-0.2, -0.15) is 0 Å². The van der Waals surface area contributed by atoms with Gasteiger partial charge in [0.05, 0.1) is 45.4 Å². The second-order valence-corrected chi connectivity index (χ2v) is 14.5. The lowest BCUT2D eigenvalue weighted by atomic mass is 9.70. The monoisotopic (exact) mass is 750 g/mol. The third kappa shape index (κ3) is 4.34. The molecule has 0 aliphatic heterocycles. The van der Waals surface area contributed by atoms with E-state index in [-0.39, 0.29) is 85.4 Å². The first-order valence-electron chi connectivity index (χ1n) is 30.6. The maximum atomic E-state index is 10.2. The van der Waals surface area contributed by atoms with Crippen molar-refractivity contribution < 1.29 is 34.3 Å². The predicted molar refractivity (Wildman–Crippen MR) is 238 cm³/mol. The highest BCUT2D eigenvalue weighted by molar-refractivity contribution is 5.98. The van der Waals surface area contributed by atoms with Crippen LogP contribution in [0.5, 0.6) is 0 Å². The van der Waals surface area contributed by atoms with Crippen LogP contribution in [-0.4, -0.2) is 0 Å². The van der Waals surface area contributed by atoms with Gasteiger partial charge in [-0.05, 0) is 125 Å². The first-order chi connectivity index (χ1) is 38.4. The maximum absolute atomic E-state index is 10.2. The summed E-state index contributed by atoms with van der Waals surface area (Å²) in [5.41, 5.74) is -6.86. The maximum Gasteiger partial charge on any atom is 0.0726 e. The Balaban J connectivity index is 1.28. The highest BCUT2D eigenvalue weighted by atomic mass is 15.1. The molecule has 0 bridgehead atoms. The lowest BCUT2D eigenvalue weighted by Crippen LogP contribution is -2.26. The molecule has 3 aliphatic carbocycles. The summed E-state index contributed by atoms with van der Waals surface area (Å²) in [6, 6.07) is -5.32. The van der Waals surface area contributed by atoms with E-state index in [1.165, 1.54) is 35.2 Å². The van der Waals surface area contributed by atoms with Crippen LogP contribution in [0.3, 0.4) is 0 Å². The second kappa shape index (κ2) is 11.8. The van der Waals surface area contributed by atoms with Crippen LogP contribution in [0.15, 0.2) is 200 Å². The van der Waals surface area contributed by atoms with E-state index in [1.54, 1.807) is 26.0 Å². The van der Waals surface area contributed by atoms with Gasteiger partial charge < -0.3 is 4.90 Å². The number of nitrogens with zero attached hydrogens (tertiary/aromatic N) is 1. The van der Waals surface area contributed by atoms with E-state index >= 15 is 0 Å². The molecule has 1 nitrogen and oxygen atoms in total. The van der Waals surface area contributed by atoms with Gasteiger partial charge in [0.15, 0.2) is 0 Å². The molecular formula is C56H39N. The van der Waals surface area contributed by atoms with Crippen molar-refractivity contribution >= 4 is 27.8 Å². The van der Waals surface area contributed by atoms with Gasteiger partial charge in [-0.1, -0.05) is 171 Å². The van der Waals surface area contributed by atoms with Gasteiger partial charge >= 0.3 is 0 Å². The number of hydrogen-bond acceptors (Lipinski definition) is 1. The number of fused-ring (bicyclic) bond motifs is 14. The van der Waals surface area contributed by atoms with Crippen LogP contribution >= 0.6 is 0 Å². The van der Waals surface area contributed by atoms with Crippen molar-refractivity contribution in [2.24, 2.45) is 0 Å². The quantitative estimate of drug-likeness (QED) is 0.173. The summed E-state index contributed by atoms with van der Waals surface area (Å²) < 4.78 is 230. The largest absolute Gasteiger partial charge is 0.310 e. The molecular weight excluding hydrogens is 687 g/mol. The lowest BCUT2D eigenvalue weighted by molar-refractivity contribution is 0.661. The number of rotatable bonds is 4. The van der Waals surface area contributed by atoms with E-state index in [4.69, 9.17) is 17.8 Å². The molecule has 0 aromatic heterocycles. The Hall–Kier alpha value is -6.96. The molecule has 0 atom stereocenters. The van der Waals surface area contributed by atoms with Crippen molar-refractivity contribution in [3.8, 4) is 44.5 Å². The van der Waals surface area contributed by atoms with Crippen LogP contribution in [0.4, 0.5) is 17.1 Å². The fraction of sp³-hybridized carbons (Fsp3) is 0.0714. The van der Waals surface area contributed by atoms with Crippen molar-refractivity contribution in [1.82, 2.24) is 0 Å². The van der Waals surface area contributed by atoms with E-state index in [9.17, 15) is 16.4 Å². The molecule has 1 heteroatoms. The highest BCUT2D eigenvalue weighted by Crippen LogP contribution is 2.63. The molecule has 268 valence electrons. The summed E-state index contributed by atoms with van der Waals surface area (Å²) >= 11 is 0. The SMILES string of the molecule is [2H]c1ccc(-c2c(N(c3ccc4c(c3)C(C)(C)c3c-4c([2H])c4cc([2H])c([2H])c([2H])c4c3[2H])c3cc4c(c([2H])c3[2H])-c3c([2H])c([2H])c([2H])c([2H])c3C43c4c([2H])c([2H])c([2H])c([2H])c4-c4c([2H])c([2H])c([2H])c([2H])c43)cc([2H])c([2H])c2[2H])c([2H])c1[2H]. The first kappa shape index (κ1) is 16.3. The molecule has 0 fully saturated rings. The van der Waals surface area contributed by atoms with Gasteiger partial charge in [0.25, 0.3) is 0 Å². The summed E-state index contributed by atoms with van der Waals surface area (Å²) in [6.07, 6.45) is 0. The molecule has 3 aliphatic rings. The minimum absolute atomic E-state index is 0.0237. The highest BCUT2D eigenvalue weighted by Gasteiger charge is 2.51. The molecule has 12 rings (SSSR count). The lowest BCUT2D eigenvalue weighted by Gasteiger charge is -2.33. The van der Waals surface area contributed by atoms with Gasteiger partial charge in [-0.25, -0.2) is 0 Å². The molecule has 9 aromatic rings. The zero-order chi connectivity index (χ0) is 59.6. The van der Waals surface area contributed by atoms with Crippen molar-refractivity contribution in [2.45, 2.75) is 24.7 Å². The minimum Gasteiger partial charge on any atom is -0.310 e. The summed E-state index contributed by atoms with van der Waals surface area (Å²) in [7, 11) is 0. The minimum atomic E-state index is -2.58. The van der Waals surface area contributed by atoms with Crippen LogP contribution < -0.4 is 4.90 Å². The molecule has 0 saturated heterocycles. The van der Waals surface area contributed by atoms with Crippen LogP contribution in [0.1, 0.15) is 81.5 Å². The Bertz CT molecular complexity index is 4470. The molecule has 0 unspecified atom stereocenters. The molecule has 0 amide bonds. The fourth-order valence-corrected chi connectivity index (χ4v) is 8.90. The van der Waals surface area contributed by atoms with Gasteiger partial charge in [0.1, 0.15) is 0 Å². The Morgan fingerprint density at radius 3 is 1.77 bits per heavy atom. The van der Waals surface area contributed by atoms with E-state index in [0.717, 1.165) is 6.07 Å². The topological polar surface area (TPSA) is 3.24 Å². The molecule has 0 saturated carbocycles. The van der Waals surface area contributed by atoms with E-state index in [0.29, 0.717) is 11.1 Å². The average molecular weight is 751 g/mol. The summed E-state index contributed by atoms with van der Waals surface area (Å²) in [4.78, 5) is 1.28. The molecule has 0 N–H and O–H groups in total. The van der Waals surface area contributed by atoms with Crippen molar-refractivity contribution in [2.75, 3.05) is 4.90 Å². The zero-order valence-corrected chi connectivity index (χ0v) is 30.1. The van der Waals surface area contributed by atoms with Crippen molar-refractivity contribution in [1.29, 1.82) is 0 Å². The Labute approximate surface area is 369 Å². The summed E-state index contributed by atoms with van der Waals surface area (Å²) in [5.74, 6) is 0. The molecule has 9 aromatic carbocycles. The summed E-state index contributed by atoms with van der Waals surface area (Å²) in [5, 5.41) is 0.0499.